The van der Waals surface area contributed by atoms with Gasteiger partial charge in [0.15, 0.2) is 0 Å². The number of carbonyl (C=O) groups is 1. The van der Waals surface area contributed by atoms with Crippen LogP contribution in [0, 0.1) is 5.92 Å². The van der Waals surface area contributed by atoms with E-state index in [0.717, 1.165) is 48.0 Å². The molecule has 0 aliphatic heterocycles. The maximum Gasteiger partial charge on any atom is 0.225 e. The van der Waals surface area contributed by atoms with Crippen LogP contribution in [0.5, 0.6) is 11.5 Å². The molecule has 1 aliphatic carbocycles. The van der Waals surface area contributed by atoms with Gasteiger partial charge in [-0.05, 0) is 55.5 Å². The van der Waals surface area contributed by atoms with Crippen LogP contribution in [0.2, 0.25) is 0 Å². The Kier molecular flexibility index (Phi) is 7.35. The molecule has 180 valence electrons. The number of methoxy groups -OCH3 is 2. The molecule has 0 bridgehead atoms. The zero-order valence-electron chi connectivity index (χ0n) is 20.3. The third-order valence-electron chi connectivity index (χ3n) is 6.32. The van der Waals surface area contributed by atoms with Gasteiger partial charge < -0.3 is 25.0 Å². The second-order valence-corrected chi connectivity index (χ2v) is 8.91. The van der Waals surface area contributed by atoms with Crippen molar-refractivity contribution in [3.8, 4) is 11.5 Å². The van der Waals surface area contributed by atoms with Gasteiger partial charge in [-0.25, -0.2) is 4.98 Å². The summed E-state index contributed by atoms with van der Waals surface area (Å²) in [4.78, 5) is 24.2. The highest BCUT2D eigenvalue weighted by atomic mass is 16.5. The van der Waals surface area contributed by atoms with Crippen LogP contribution in [0.15, 0.2) is 42.5 Å². The molecule has 1 amide bonds. The predicted molar refractivity (Wildman–Crippen MR) is 135 cm³/mol. The van der Waals surface area contributed by atoms with Gasteiger partial charge in [0.1, 0.15) is 17.3 Å². The van der Waals surface area contributed by atoms with Crippen molar-refractivity contribution in [2.24, 2.45) is 5.92 Å². The van der Waals surface area contributed by atoms with Crippen LogP contribution >= 0.6 is 0 Å². The smallest absolute Gasteiger partial charge is 0.225 e. The highest BCUT2D eigenvalue weighted by Gasteiger charge is 2.27. The number of anilines is 2. The van der Waals surface area contributed by atoms with E-state index in [1.54, 1.807) is 14.2 Å². The van der Waals surface area contributed by atoms with Gasteiger partial charge in [-0.3, -0.25) is 4.79 Å². The first-order valence-electron chi connectivity index (χ1n) is 11.7. The van der Waals surface area contributed by atoms with Crippen molar-refractivity contribution >= 4 is 28.6 Å². The Morgan fingerprint density at radius 2 is 1.68 bits per heavy atom. The molecule has 4 rings (SSSR count). The summed E-state index contributed by atoms with van der Waals surface area (Å²) in [7, 11) is 7.22. The Bertz CT molecular complexity index is 1120. The molecule has 1 aromatic heterocycles. The normalized spacial score (nSPS) is 17.8. The number of fused-ring (bicyclic) bond motifs is 1. The van der Waals surface area contributed by atoms with E-state index in [2.05, 4.69) is 10.6 Å². The second-order valence-electron chi connectivity index (χ2n) is 8.91. The number of carbonyl (C=O) groups excluding carboxylic acids is 1. The van der Waals surface area contributed by atoms with Crippen LogP contribution in [0.4, 0.5) is 11.8 Å². The fourth-order valence-corrected chi connectivity index (χ4v) is 4.45. The molecule has 8 nitrogen and oxygen atoms in total. The van der Waals surface area contributed by atoms with Crippen LogP contribution in [-0.2, 0) is 11.3 Å². The summed E-state index contributed by atoms with van der Waals surface area (Å²) in [5.41, 5.74) is 1.87. The average molecular weight is 464 g/mol. The van der Waals surface area contributed by atoms with Crippen molar-refractivity contribution in [2.45, 2.75) is 38.3 Å². The molecular weight excluding hydrogens is 430 g/mol. The molecule has 0 radical (unpaired) electrons. The minimum absolute atomic E-state index is 0.0143. The number of para-hydroxylation sites is 1. The summed E-state index contributed by atoms with van der Waals surface area (Å²) in [5, 5.41) is 7.61. The van der Waals surface area contributed by atoms with Gasteiger partial charge in [0.25, 0.3) is 0 Å². The van der Waals surface area contributed by atoms with Gasteiger partial charge >= 0.3 is 0 Å². The number of aromatic nitrogens is 2. The minimum atomic E-state index is 0.0143. The fourth-order valence-electron chi connectivity index (χ4n) is 4.45. The van der Waals surface area contributed by atoms with Gasteiger partial charge in [0, 0.05) is 44.1 Å². The Labute approximate surface area is 200 Å². The van der Waals surface area contributed by atoms with E-state index >= 15 is 0 Å². The number of amides is 1. The van der Waals surface area contributed by atoms with Crippen molar-refractivity contribution in [3.05, 3.63) is 48.0 Å². The third-order valence-corrected chi connectivity index (χ3v) is 6.32. The van der Waals surface area contributed by atoms with E-state index in [4.69, 9.17) is 19.4 Å². The molecule has 1 saturated carbocycles. The van der Waals surface area contributed by atoms with Crippen molar-refractivity contribution in [2.75, 3.05) is 38.5 Å². The molecule has 2 N–H and O–H groups in total. The van der Waals surface area contributed by atoms with E-state index in [1.165, 1.54) is 0 Å². The topological polar surface area (TPSA) is 88.6 Å². The lowest BCUT2D eigenvalue weighted by Crippen LogP contribution is -2.36. The maximum absolute atomic E-state index is 12.8. The Morgan fingerprint density at radius 3 is 2.32 bits per heavy atom. The number of ether oxygens (including phenoxy) is 2. The molecule has 34 heavy (non-hydrogen) atoms. The Balaban J connectivity index is 1.33. The first-order chi connectivity index (χ1) is 16.5. The third kappa shape index (κ3) is 5.50. The molecule has 1 heterocycles. The van der Waals surface area contributed by atoms with Crippen molar-refractivity contribution < 1.29 is 14.3 Å². The number of nitrogens with zero attached hydrogens (tertiary/aromatic N) is 3. The van der Waals surface area contributed by atoms with Crippen molar-refractivity contribution in [3.63, 3.8) is 0 Å². The van der Waals surface area contributed by atoms with Crippen LogP contribution in [0.3, 0.4) is 0 Å². The quantitative estimate of drug-likeness (QED) is 0.522. The number of benzene rings is 2. The molecule has 0 spiro atoms. The molecule has 0 saturated heterocycles. The molecule has 3 aromatic rings. The Morgan fingerprint density at radius 1 is 1.00 bits per heavy atom. The molecular formula is C26H33N5O3. The summed E-state index contributed by atoms with van der Waals surface area (Å²) in [6.45, 7) is 0.447. The standard InChI is InChI=1S/C26H33N5O3/c1-31(2)24-22-7-5-6-8-23(22)29-26(30-24)28-19-11-9-18(10-12-19)25(32)27-16-17-13-20(33-3)15-21(14-17)34-4/h5-8,13-15,18-19H,9-12,16H2,1-4H3,(H,27,32)(H,28,29,30). The van der Waals surface area contributed by atoms with E-state index in [-0.39, 0.29) is 17.9 Å². The first-order valence-corrected chi connectivity index (χ1v) is 11.7. The highest BCUT2D eigenvalue weighted by Crippen LogP contribution is 2.29. The largest absolute Gasteiger partial charge is 0.497 e. The van der Waals surface area contributed by atoms with Crippen LogP contribution in [0.25, 0.3) is 10.9 Å². The molecule has 0 unspecified atom stereocenters. The van der Waals surface area contributed by atoms with Crippen molar-refractivity contribution in [1.29, 1.82) is 0 Å². The molecule has 2 aromatic carbocycles. The Hall–Kier alpha value is -3.55. The number of hydrogen-bond acceptors (Lipinski definition) is 7. The SMILES string of the molecule is COc1cc(CNC(=O)C2CCC(Nc3nc(N(C)C)c4ccccc4n3)CC2)cc(OC)c1. The van der Waals surface area contributed by atoms with Crippen molar-refractivity contribution in [1.82, 2.24) is 15.3 Å². The lowest BCUT2D eigenvalue weighted by molar-refractivity contribution is -0.126. The predicted octanol–water partition coefficient (Wildman–Crippen LogP) is 4.00. The summed E-state index contributed by atoms with van der Waals surface area (Å²) < 4.78 is 10.6. The van der Waals surface area contributed by atoms with E-state index in [1.807, 2.05) is 61.5 Å². The average Bonchev–Trinajstić information content (AvgIpc) is 2.86. The fraction of sp³-hybridized carbons (Fsp3) is 0.423. The molecule has 8 heteroatoms. The van der Waals surface area contributed by atoms with Gasteiger partial charge in [0.2, 0.25) is 11.9 Å². The molecule has 1 fully saturated rings. The van der Waals surface area contributed by atoms with Gasteiger partial charge in [-0.15, -0.1) is 0 Å². The molecule has 0 atom stereocenters. The zero-order chi connectivity index (χ0) is 24.1. The maximum atomic E-state index is 12.8. The number of rotatable bonds is 8. The van der Waals surface area contributed by atoms with Crippen LogP contribution < -0.4 is 25.0 Å². The number of nitrogens with one attached hydrogen (secondary N) is 2. The van der Waals surface area contributed by atoms with Crippen LogP contribution in [0.1, 0.15) is 31.2 Å². The van der Waals surface area contributed by atoms with E-state index in [9.17, 15) is 4.79 Å². The zero-order valence-corrected chi connectivity index (χ0v) is 20.3. The highest BCUT2D eigenvalue weighted by molar-refractivity contribution is 5.90. The summed E-state index contributed by atoms with van der Waals surface area (Å²) in [6.07, 6.45) is 3.47. The van der Waals surface area contributed by atoms with Gasteiger partial charge in [0.05, 0.1) is 19.7 Å². The van der Waals surface area contributed by atoms with Gasteiger partial charge in [-0.2, -0.15) is 4.98 Å². The lowest BCUT2D eigenvalue weighted by atomic mass is 9.85. The van der Waals surface area contributed by atoms with E-state index < -0.39 is 0 Å². The van der Waals surface area contributed by atoms with Gasteiger partial charge in [-0.1, -0.05) is 12.1 Å². The monoisotopic (exact) mass is 463 g/mol. The lowest BCUT2D eigenvalue weighted by Gasteiger charge is -2.28. The minimum Gasteiger partial charge on any atom is -0.497 e. The molecule has 1 aliphatic rings. The summed E-state index contributed by atoms with van der Waals surface area (Å²) in [5.74, 6) is 3.07. The first kappa shape index (κ1) is 23.6. The second kappa shape index (κ2) is 10.6. The summed E-state index contributed by atoms with van der Waals surface area (Å²) in [6, 6.07) is 13.9. The van der Waals surface area contributed by atoms with Crippen LogP contribution in [-0.4, -0.2) is 50.2 Å². The number of hydrogen-bond donors (Lipinski definition) is 2. The summed E-state index contributed by atoms with van der Waals surface area (Å²) >= 11 is 0. The van der Waals surface area contributed by atoms with E-state index in [0.29, 0.717) is 24.0 Å².